The summed E-state index contributed by atoms with van der Waals surface area (Å²) in [6, 6.07) is 35.5. The van der Waals surface area contributed by atoms with Crippen LogP contribution < -0.4 is 0 Å². The molecule has 0 amide bonds. The maximum atomic E-state index is 9.17. The highest BCUT2D eigenvalue weighted by atomic mass is 14.7. The van der Waals surface area contributed by atoms with Crippen LogP contribution in [0, 0.1) is 11.3 Å². The standard InChI is InChI=1S/C29H17N3/c30-18-21-16-20(14-15-31-21)29-11-5-10-28(32-29)19-12-13-26-24-8-2-1-6-22(24)23-7-3-4-9-25(23)27(26)17-19/h1-17H. The second-order valence-electron chi connectivity index (χ2n) is 7.80. The average molecular weight is 407 g/mol. The molecule has 0 atom stereocenters. The van der Waals surface area contributed by atoms with E-state index < -0.39 is 0 Å². The zero-order chi connectivity index (χ0) is 21.5. The molecule has 32 heavy (non-hydrogen) atoms. The fourth-order valence-corrected chi connectivity index (χ4v) is 4.47. The predicted octanol–water partition coefficient (Wildman–Crippen LogP) is 7.14. The van der Waals surface area contributed by atoms with Gasteiger partial charge in [0, 0.05) is 17.3 Å². The predicted molar refractivity (Wildman–Crippen MR) is 130 cm³/mol. The Morgan fingerprint density at radius 3 is 1.72 bits per heavy atom. The summed E-state index contributed by atoms with van der Waals surface area (Å²) in [6.07, 6.45) is 1.65. The lowest BCUT2D eigenvalue weighted by Crippen LogP contribution is -1.90. The first-order chi connectivity index (χ1) is 15.8. The molecule has 3 heteroatoms. The molecule has 0 spiro atoms. The third kappa shape index (κ3) is 2.90. The maximum Gasteiger partial charge on any atom is 0.141 e. The Morgan fingerprint density at radius 2 is 1.09 bits per heavy atom. The van der Waals surface area contributed by atoms with Crippen molar-refractivity contribution in [3.63, 3.8) is 0 Å². The molecule has 148 valence electrons. The monoisotopic (exact) mass is 407 g/mol. The fourth-order valence-electron chi connectivity index (χ4n) is 4.47. The molecule has 0 bridgehead atoms. The Kier molecular flexibility index (Phi) is 4.16. The van der Waals surface area contributed by atoms with Crippen LogP contribution in [0.2, 0.25) is 0 Å². The van der Waals surface area contributed by atoms with Crippen molar-refractivity contribution < 1.29 is 0 Å². The third-order valence-corrected chi connectivity index (χ3v) is 5.96. The normalized spacial score (nSPS) is 11.1. The minimum atomic E-state index is 0.388. The van der Waals surface area contributed by atoms with E-state index in [-0.39, 0.29) is 0 Å². The topological polar surface area (TPSA) is 49.6 Å². The summed E-state index contributed by atoms with van der Waals surface area (Å²) in [4.78, 5) is 8.96. The quantitative estimate of drug-likeness (QED) is 0.287. The van der Waals surface area contributed by atoms with Crippen LogP contribution in [0.1, 0.15) is 5.69 Å². The van der Waals surface area contributed by atoms with Crippen LogP contribution in [0.3, 0.4) is 0 Å². The second kappa shape index (κ2) is 7.30. The Labute approximate surface area is 185 Å². The molecule has 2 heterocycles. The smallest absolute Gasteiger partial charge is 0.141 e. The number of benzene rings is 4. The van der Waals surface area contributed by atoms with Gasteiger partial charge in [0.15, 0.2) is 0 Å². The summed E-state index contributed by atoms with van der Waals surface area (Å²) >= 11 is 0. The largest absolute Gasteiger partial charge is 0.248 e. The van der Waals surface area contributed by atoms with Gasteiger partial charge >= 0.3 is 0 Å². The Morgan fingerprint density at radius 1 is 0.531 bits per heavy atom. The molecule has 0 unspecified atom stereocenters. The van der Waals surface area contributed by atoms with E-state index in [0.717, 1.165) is 22.5 Å². The highest BCUT2D eigenvalue weighted by molar-refractivity contribution is 6.25. The Hall–Kier alpha value is -4.55. The molecule has 2 aromatic heterocycles. The van der Waals surface area contributed by atoms with Crippen molar-refractivity contribution in [3.05, 3.63) is 109 Å². The van der Waals surface area contributed by atoms with Crippen molar-refractivity contribution >= 4 is 32.3 Å². The summed E-state index contributed by atoms with van der Waals surface area (Å²) in [6.45, 7) is 0. The van der Waals surface area contributed by atoms with Gasteiger partial charge in [-0.25, -0.2) is 9.97 Å². The van der Waals surface area contributed by atoms with Crippen molar-refractivity contribution in [1.82, 2.24) is 9.97 Å². The van der Waals surface area contributed by atoms with Crippen LogP contribution >= 0.6 is 0 Å². The highest BCUT2D eigenvalue weighted by Crippen LogP contribution is 2.36. The van der Waals surface area contributed by atoms with Crippen molar-refractivity contribution in [3.8, 4) is 28.6 Å². The number of hydrogen-bond donors (Lipinski definition) is 0. The molecule has 0 radical (unpaired) electrons. The van der Waals surface area contributed by atoms with Crippen molar-refractivity contribution in [1.29, 1.82) is 5.26 Å². The first-order valence-electron chi connectivity index (χ1n) is 10.5. The molecule has 6 rings (SSSR count). The van der Waals surface area contributed by atoms with Gasteiger partial charge < -0.3 is 0 Å². The first-order valence-corrected chi connectivity index (χ1v) is 10.5. The molecule has 6 aromatic rings. The molecule has 0 saturated carbocycles. The molecule has 0 aliphatic rings. The van der Waals surface area contributed by atoms with E-state index in [1.165, 1.54) is 32.3 Å². The molecular weight excluding hydrogens is 390 g/mol. The average Bonchev–Trinajstić information content (AvgIpc) is 2.88. The lowest BCUT2D eigenvalue weighted by Gasteiger charge is -2.12. The van der Waals surface area contributed by atoms with Gasteiger partial charge in [0.25, 0.3) is 0 Å². The second-order valence-corrected chi connectivity index (χ2v) is 7.80. The molecule has 0 saturated heterocycles. The first kappa shape index (κ1) is 18.2. The minimum absolute atomic E-state index is 0.388. The number of hydrogen-bond acceptors (Lipinski definition) is 3. The van der Waals surface area contributed by atoms with E-state index in [4.69, 9.17) is 4.98 Å². The van der Waals surface area contributed by atoms with E-state index in [1.807, 2.05) is 24.3 Å². The van der Waals surface area contributed by atoms with E-state index in [9.17, 15) is 5.26 Å². The van der Waals surface area contributed by atoms with Crippen LogP contribution in [-0.2, 0) is 0 Å². The number of nitriles is 1. The van der Waals surface area contributed by atoms with Gasteiger partial charge in [-0.1, -0.05) is 66.7 Å². The Bertz CT molecular complexity index is 1660. The molecule has 0 aliphatic carbocycles. The molecule has 0 aliphatic heterocycles. The van der Waals surface area contributed by atoms with Crippen molar-refractivity contribution in [2.75, 3.05) is 0 Å². The summed E-state index contributed by atoms with van der Waals surface area (Å²) < 4.78 is 0. The van der Waals surface area contributed by atoms with Crippen LogP contribution in [0.5, 0.6) is 0 Å². The summed E-state index contributed by atoms with van der Waals surface area (Å²) in [5.74, 6) is 0. The van der Waals surface area contributed by atoms with Crippen molar-refractivity contribution in [2.24, 2.45) is 0 Å². The van der Waals surface area contributed by atoms with E-state index in [0.29, 0.717) is 5.69 Å². The Balaban J connectivity index is 1.58. The SMILES string of the molecule is N#Cc1cc(-c2cccc(-c3ccc4c5ccccc5c5ccccc5c4c3)n2)ccn1. The lowest BCUT2D eigenvalue weighted by atomic mass is 9.93. The molecule has 0 fully saturated rings. The van der Waals surface area contributed by atoms with Crippen LogP contribution in [0.25, 0.3) is 54.8 Å². The molecular formula is C29H17N3. The van der Waals surface area contributed by atoms with Crippen LogP contribution in [0.15, 0.2) is 103 Å². The summed E-state index contributed by atoms with van der Waals surface area (Å²) in [5.41, 5.74) is 4.06. The van der Waals surface area contributed by atoms with Gasteiger partial charge in [0.1, 0.15) is 11.8 Å². The third-order valence-electron chi connectivity index (χ3n) is 5.96. The van der Waals surface area contributed by atoms with Gasteiger partial charge in [0.05, 0.1) is 11.4 Å². The zero-order valence-electron chi connectivity index (χ0n) is 17.2. The number of pyridine rings is 2. The lowest BCUT2D eigenvalue weighted by molar-refractivity contribution is 1.25. The summed E-state index contributed by atoms with van der Waals surface area (Å²) in [5, 5.41) is 16.7. The number of fused-ring (bicyclic) bond motifs is 6. The highest BCUT2D eigenvalue weighted by Gasteiger charge is 2.10. The number of rotatable bonds is 2. The van der Waals surface area contributed by atoms with Gasteiger partial charge in [-0.3, -0.25) is 0 Å². The molecule has 4 aromatic carbocycles. The summed E-state index contributed by atoms with van der Waals surface area (Å²) in [7, 11) is 0. The van der Waals surface area contributed by atoms with E-state index in [2.05, 4.69) is 77.8 Å². The zero-order valence-corrected chi connectivity index (χ0v) is 17.2. The van der Waals surface area contributed by atoms with Gasteiger partial charge in [-0.05, 0) is 62.6 Å². The number of nitrogens with zero attached hydrogens (tertiary/aromatic N) is 3. The van der Waals surface area contributed by atoms with E-state index >= 15 is 0 Å². The molecule has 3 nitrogen and oxygen atoms in total. The fraction of sp³-hybridized carbons (Fsp3) is 0. The van der Waals surface area contributed by atoms with Crippen LogP contribution in [0.4, 0.5) is 0 Å². The van der Waals surface area contributed by atoms with Crippen LogP contribution in [-0.4, -0.2) is 9.97 Å². The minimum Gasteiger partial charge on any atom is -0.248 e. The number of aromatic nitrogens is 2. The maximum absolute atomic E-state index is 9.17. The van der Waals surface area contributed by atoms with E-state index in [1.54, 1.807) is 12.3 Å². The van der Waals surface area contributed by atoms with Gasteiger partial charge in [0.2, 0.25) is 0 Å². The van der Waals surface area contributed by atoms with Gasteiger partial charge in [-0.2, -0.15) is 5.26 Å². The van der Waals surface area contributed by atoms with Gasteiger partial charge in [-0.15, -0.1) is 0 Å². The van der Waals surface area contributed by atoms with Crippen molar-refractivity contribution in [2.45, 2.75) is 0 Å². The molecule has 0 N–H and O–H groups in total.